The van der Waals surface area contributed by atoms with Crippen molar-refractivity contribution in [2.24, 2.45) is 5.10 Å². The predicted molar refractivity (Wildman–Crippen MR) is 126 cm³/mol. The third kappa shape index (κ3) is 4.65. The minimum Gasteiger partial charge on any atom is -0.507 e. The smallest absolute Gasteiger partial charge is 0.275 e. The summed E-state index contributed by atoms with van der Waals surface area (Å²) in [5.74, 6) is -0.835. The Hall–Kier alpha value is -4.45. The van der Waals surface area contributed by atoms with Gasteiger partial charge in [-0.2, -0.15) is 5.10 Å². The van der Waals surface area contributed by atoms with Crippen LogP contribution in [0.25, 0.3) is 10.8 Å². The molecule has 0 heterocycles. The number of hydrogen-bond acceptors (Lipinski definition) is 4. The number of phenolic OH excluding ortho intramolecular Hbond substituents is 1. The number of rotatable bonds is 5. The Labute approximate surface area is 185 Å². The van der Waals surface area contributed by atoms with Gasteiger partial charge in [0.2, 0.25) is 0 Å². The SMILES string of the molecule is C/C(=N\NC(=O)c1cc2ccccc2cc1O)c1cccc(NC(=O)c2ccccc2)c1. The summed E-state index contributed by atoms with van der Waals surface area (Å²) in [6, 6.07) is 26.8. The summed E-state index contributed by atoms with van der Waals surface area (Å²) in [6.07, 6.45) is 0. The van der Waals surface area contributed by atoms with Gasteiger partial charge in [-0.25, -0.2) is 5.43 Å². The molecule has 4 aromatic rings. The van der Waals surface area contributed by atoms with Crippen molar-refractivity contribution in [2.45, 2.75) is 6.92 Å². The maximum Gasteiger partial charge on any atom is 0.275 e. The van der Waals surface area contributed by atoms with Crippen molar-refractivity contribution < 1.29 is 14.7 Å². The fourth-order valence-electron chi connectivity index (χ4n) is 3.28. The highest BCUT2D eigenvalue weighted by molar-refractivity contribution is 6.06. The molecule has 0 unspecified atom stereocenters. The summed E-state index contributed by atoms with van der Waals surface area (Å²) < 4.78 is 0. The third-order valence-corrected chi connectivity index (χ3v) is 5.01. The highest BCUT2D eigenvalue weighted by Crippen LogP contribution is 2.25. The number of fused-ring (bicyclic) bond motifs is 1. The normalized spacial score (nSPS) is 11.2. The topological polar surface area (TPSA) is 90.8 Å². The second-order valence-corrected chi connectivity index (χ2v) is 7.26. The number of phenols is 1. The van der Waals surface area contributed by atoms with E-state index >= 15 is 0 Å². The number of hydrazone groups is 1. The molecule has 0 saturated heterocycles. The van der Waals surface area contributed by atoms with E-state index in [0.717, 1.165) is 16.3 Å². The van der Waals surface area contributed by atoms with Gasteiger partial charge in [-0.3, -0.25) is 9.59 Å². The molecule has 158 valence electrons. The monoisotopic (exact) mass is 423 g/mol. The number of anilines is 1. The van der Waals surface area contributed by atoms with Crippen LogP contribution in [0.3, 0.4) is 0 Å². The van der Waals surface area contributed by atoms with Gasteiger partial charge < -0.3 is 10.4 Å². The number of hydrogen-bond donors (Lipinski definition) is 3. The number of aromatic hydroxyl groups is 1. The number of carbonyl (C=O) groups is 2. The summed E-state index contributed by atoms with van der Waals surface area (Å²) >= 11 is 0. The molecule has 6 heteroatoms. The average molecular weight is 423 g/mol. The fourth-order valence-corrected chi connectivity index (χ4v) is 3.28. The molecule has 0 atom stereocenters. The highest BCUT2D eigenvalue weighted by atomic mass is 16.3. The van der Waals surface area contributed by atoms with Gasteiger partial charge in [0.25, 0.3) is 11.8 Å². The first-order valence-electron chi connectivity index (χ1n) is 10.0. The van der Waals surface area contributed by atoms with E-state index in [1.807, 2.05) is 36.4 Å². The number of benzene rings is 4. The minimum atomic E-state index is -0.513. The Bertz CT molecular complexity index is 1330. The van der Waals surface area contributed by atoms with Gasteiger partial charge in [-0.1, -0.05) is 54.6 Å². The summed E-state index contributed by atoms with van der Waals surface area (Å²) in [5.41, 5.74) is 5.09. The first kappa shape index (κ1) is 20.8. The van der Waals surface area contributed by atoms with E-state index < -0.39 is 5.91 Å². The molecule has 0 bridgehead atoms. The molecular weight excluding hydrogens is 402 g/mol. The second kappa shape index (κ2) is 9.14. The molecule has 6 nitrogen and oxygen atoms in total. The van der Waals surface area contributed by atoms with Gasteiger partial charge >= 0.3 is 0 Å². The Morgan fingerprint density at radius 3 is 2.16 bits per heavy atom. The van der Waals surface area contributed by atoms with Crippen LogP contribution < -0.4 is 10.7 Å². The molecule has 0 spiro atoms. The molecule has 2 amide bonds. The van der Waals surface area contributed by atoms with E-state index in [0.29, 0.717) is 17.0 Å². The molecule has 4 aromatic carbocycles. The van der Waals surface area contributed by atoms with E-state index in [9.17, 15) is 14.7 Å². The van der Waals surface area contributed by atoms with Crippen molar-refractivity contribution in [1.29, 1.82) is 0 Å². The van der Waals surface area contributed by atoms with Crippen LogP contribution in [0.2, 0.25) is 0 Å². The third-order valence-electron chi connectivity index (χ3n) is 5.01. The summed E-state index contributed by atoms with van der Waals surface area (Å²) in [7, 11) is 0. The van der Waals surface area contributed by atoms with Crippen LogP contribution in [0.1, 0.15) is 33.2 Å². The maximum atomic E-state index is 12.6. The molecule has 0 aromatic heterocycles. The van der Waals surface area contributed by atoms with Crippen molar-refractivity contribution in [3.05, 3.63) is 108 Å². The zero-order valence-corrected chi connectivity index (χ0v) is 17.4. The van der Waals surface area contributed by atoms with E-state index in [1.165, 1.54) is 0 Å². The van der Waals surface area contributed by atoms with Crippen molar-refractivity contribution in [3.8, 4) is 5.75 Å². The van der Waals surface area contributed by atoms with Gasteiger partial charge in [-0.05, 0) is 59.7 Å². The first-order chi connectivity index (χ1) is 15.5. The van der Waals surface area contributed by atoms with Crippen molar-refractivity contribution >= 4 is 34.0 Å². The zero-order valence-electron chi connectivity index (χ0n) is 17.4. The van der Waals surface area contributed by atoms with Crippen LogP contribution in [0.15, 0.2) is 96.1 Å². The van der Waals surface area contributed by atoms with Crippen LogP contribution in [-0.4, -0.2) is 22.6 Å². The van der Waals surface area contributed by atoms with E-state index in [1.54, 1.807) is 61.5 Å². The van der Waals surface area contributed by atoms with Crippen molar-refractivity contribution in [2.75, 3.05) is 5.32 Å². The highest BCUT2D eigenvalue weighted by Gasteiger charge is 2.12. The largest absolute Gasteiger partial charge is 0.507 e. The van der Waals surface area contributed by atoms with Crippen LogP contribution in [0.5, 0.6) is 5.75 Å². The number of nitrogens with zero attached hydrogens (tertiary/aromatic N) is 1. The van der Waals surface area contributed by atoms with Gasteiger partial charge in [0.1, 0.15) is 5.75 Å². The van der Waals surface area contributed by atoms with Crippen molar-refractivity contribution in [3.63, 3.8) is 0 Å². The first-order valence-corrected chi connectivity index (χ1v) is 10.0. The molecule has 0 aliphatic rings. The Morgan fingerprint density at radius 2 is 1.41 bits per heavy atom. The second-order valence-electron chi connectivity index (χ2n) is 7.26. The van der Waals surface area contributed by atoms with Crippen molar-refractivity contribution in [1.82, 2.24) is 5.43 Å². The van der Waals surface area contributed by atoms with Gasteiger partial charge in [0.15, 0.2) is 0 Å². The van der Waals surface area contributed by atoms with Gasteiger partial charge in [-0.15, -0.1) is 0 Å². The number of nitrogens with one attached hydrogen (secondary N) is 2. The van der Waals surface area contributed by atoms with Gasteiger partial charge in [0, 0.05) is 11.3 Å². The minimum absolute atomic E-state index is 0.111. The molecule has 0 saturated carbocycles. The van der Waals surface area contributed by atoms with Crippen LogP contribution in [-0.2, 0) is 0 Å². The number of carbonyl (C=O) groups excluding carboxylic acids is 2. The molecule has 0 aliphatic heterocycles. The van der Waals surface area contributed by atoms with Crippen LogP contribution >= 0.6 is 0 Å². The maximum absolute atomic E-state index is 12.6. The summed E-state index contributed by atoms with van der Waals surface area (Å²) in [6.45, 7) is 1.75. The fraction of sp³-hybridized carbons (Fsp3) is 0.0385. The lowest BCUT2D eigenvalue weighted by Gasteiger charge is -2.09. The zero-order chi connectivity index (χ0) is 22.5. The predicted octanol–water partition coefficient (Wildman–Crippen LogP) is 4.95. The average Bonchev–Trinajstić information content (AvgIpc) is 2.82. The number of amides is 2. The van der Waals surface area contributed by atoms with E-state index in [4.69, 9.17) is 0 Å². The quantitative estimate of drug-likeness (QED) is 0.313. The van der Waals surface area contributed by atoms with Crippen LogP contribution in [0, 0.1) is 0 Å². The Morgan fingerprint density at radius 1 is 0.750 bits per heavy atom. The van der Waals surface area contributed by atoms with E-state index in [2.05, 4.69) is 15.8 Å². The lowest BCUT2D eigenvalue weighted by Crippen LogP contribution is -2.19. The molecule has 0 aliphatic carbocycles. The standard InChI is InChI=1S/C26H21N3O3/c1-17(19-12-7-13-22(14-19)27-25(31)18-8-3-2-4-9-18)28-29-26(32)23-15-20-10-5-6-11-21(20)16-24(23)30/h2-16,30H,1H3,(H,27,31)(H,29,32)/b28-17+. The lowest BCUT2D eigenvalue weighted by atomic mass is 10.1. The molecular formula is C26H21N3O3. The lowest BCUT2D eigenvalue weighted by molar-refractivity contribution is 0.0951. The molecule has 32 heavy (non-hydrogen) atoms. The van der Waals surface area contributed by atoms with Gasteiger partial charge in [0.05, 0.1) is 11.3 Å². The molecule has 0 radical (unpaired) electrons. The summed E-state index contributed by atoms with van der Waals surface area (Å²) in [5, 5.41) is 18.9. The molecule has 0 fully saturated rings. The molecule has 4 rings (SSSR count). The molecule has 3 N–H and O–H groups in total. The van der Waals surface area contributed by atoms with E-state index in [-0.39, 0.29) is 17.2 Å². The Kier molecular flexibility index (Phi) is 5.94. The Balaban J connectivity index is 1.48. The summed E-state index contributed by atoms with van der Waals surface area (Å²) in [4.78, 5) is 24.9. The van der Waals surface area contributed by atoms with Crippen LogP contribution in [0.4, 0.5) is 5.69 Å².